The van der Waals surface area contributed by atoms with E-state index in [0.717, 1.165) is 4.88 Å². The minimum Gasteiger partial charge on any atom is -0.333 e. The molecule has 0 spiro atoms. The molecule has 1 aromatic heterocycles. The van der Waals surface area contributed by atoms with Crippen LogP contribution in [-0.2, 0) is 9.59 Å². The van der Waals surface area contributed by atoms with E-state index in [1.165, 1.54) is 41.1 Å². The lowest BCUT2D eigenvalue weighted by Crippen LogP contribution is -2.33. The molecule has 0 saturated carbocycles. The largest absolute Gasteiger partial charge is 0.333 e. The molecule has 0 aliphatic carbocycles. The molecule has 23 heavy (non-hydrogen) atoms. The molecule has 0 atom stereocenters. The average molecular weight is 332 g/mol. The van der Waals surface area contributed by atoms with Crippen molar-refractivity contribution in [2.45, 2.75) is 6.92 Å². The van der Waals surface area contributed by atoms with Crippen molar-refractivity contribution in [3.05, 3.63) is 58.0 Å². The van der Waals surface area contributed by atoms with E-state index >= 15 is 0 Å². The number of hydrogen-bond acceptors (Lipinski definition) is 3. The normalized spacial score (nSPS) is 10.7. The van der Waals surface area contributed by atoms with Gasteiger partial charge >= 0.3 is 0 Å². The smallest absolute Gasteiger partial charge is 0.246 e. The summed E-state index contributed by atoms with van der Waals surface area (Å²) in [6, 6.07) is 9.51. The number of benzene rings is 1. The number of nitrogens with zero attached hydrogens (tertiary/aromatic N) is 1. The zero-order valence-corrected chi connectivity index (χ0v) is 13.7. The van der Waals surface area contributed by atoms with Gasteiger partial charge in [-0.05, 0) is 43.3 Å². The summed E-state index contributed by atoms with van der Waals surface area (Å²) in [6.07, 6.45) is 3.15. The summed E-state index contributed by atoms with van der Waals surface area (Å²) < 4.78 is 13.0. The second-order valence-corrected chi connectivity index (χ2v) is 6.35. The quantitative estimate of drug-likeness (QED) is 0.854. The number of likely N-dealkylation sites (N-methyl/N-ethyl adjacent to an activating group) is 1. The van der Waals surface area contributed by atoms with Gasteiger partial charge in [0.2, 0.25) is 11.8 Å². The summed E-state index contributed by atoms with van der Waals surface area (Å²) in [5.41, 5.74) is 0.362. The first-order valence-corrected chi connectivity index (χ1v) is 7.81. The van der Waals surface area contributed by atoms with Crippen molar-refractivity contribution in [2.75, 3.05) is 18.9 Å². The predicted molar refractivity (Wildman–Crippen MR) is 90.8 cm³/mol. The molecule has 0 bridgehead atoms. The molecule has 4 nitrogen and oxygen atoms in total. The number of thiophene rings is 1. The molecule has 1 aromatic carbocycles. The van der Waals surface area contributed by atoms with Crippen LogP contribution in [0.15, 0.2) is 42.5 Å². The number of anilines is 1. The number of hydrogen-bond donors (Lipinski definition) is 1. The number of carbonyl (C=O) groups excluding carboxylic acids is 2. The molecule has 2 amide bonds. The fourth-order valence-electron chi connectivity index (χ4n) is 1.88. The van der Waals surface area contributed by atoms with E-state index in [0.29, 0.717) is 5.69 Å². The Morgan fingerprint density at radius 2 is 2.09 bits per heavy atom. The highest BCUT2D eigenvalue weighted by molar-refractivity contribution is 7.12. The van der Waals surface area contributed by atoms with E-state index in [2.05, 4.69) is 5.32 Å². The first-order valence-electron chi connectivity index (χ1n) is 6.99. The maximum atomic E-state index is 13.0. The third-order valence-electron chi connectivity index (χ3n) is 3.02. The van der Waals surface area contributed by atoms with Gasteiger partial charge in [0.25, 0.3) is 0 Å². The fraction of sp³-hybridized carbons (Fsp3) is 0.176. The van der Waals surface area contributed by atoms with Crippen molar-refractivity contribution in [3.63, 3.8) is 0 Å². The standard InChI is InChI=1S/C17H17FN2O2S/c1-12-6-7-15(23-12)8-9-17(22)20(2)11-16(21)19-14-5-3-4-13(18)10-14/h3-10H,11H2,1-2H3,(H,19,21)/b9-8+. The minimum atomic E-state index is -0.429. The number of nitrogens with one attached hydrogen (secondary N) is 1. The van der Waals surface area contributed by atoms with Crippen molar-refractivity contribution in [3.8, 4) is 0 Å². The van der Waals surface area contributed by atoms with Gasteiger partial charge in [-0.15, -0.1) is 11.3 Å². The number of aryl methyl sites for hydroxylation is 1. The van der Waals surface area contributed by atoms with Gasteiger partial charge in [0, 0.05) is 28.6 Å². The number of carbonyl (C=O) groups is 2. The van der Waals surface area contributed by atoms with Crippen LogP contribution in [-0.4, -0.2) is 30.3 Å². The van der Waals surface area contributed by atoms with Crippen molar-refractivity contribution in [1.29, 1.82) is 0 Å². The lowest BCUT2D eigenvalue weighted by molar-refractivity contribution is -0.129. The highest BCUT2D eigenvalue weighted by Gasteiger charge is 2.11. The molecule has 6 heteroatoms. The Hall–Kier alpha value is -2.47. The Bertz CT molecular complexity index is 740. The van der Waals surface area contributed by atoms with Crippen molar-refractivity contribution in [1.82, 2.24) is 4.90 Å². The SMILES string of the molecule is Cc1ccc(/C=C/C(=O)N(C)CC(=O)Nc2cccc(F)c2)s1. The van der Waals surface area contributed by atoms with Gasteiger partial charge in [0.15, 0.2) is 0 Å². The average Bonchev–Trinajstić information content (AvgIpc) is 2.90. The van der Waals surface area contributed by atoms with Crippen molar-refractivity contribution < 1.29 is 14.0 Å². The molecule has 0 radical (unpaired) electrons. The first kappa shape index (κ1) is 16.9. The minimum absolute atomic E-state index is 0.108. The lowest BCUT2D eigenvalue weighted by atomic mass is 10.3. The number of rotatable bonds is 5. The second-order valence-electron chi connectivity index (χ2n) is 5.03. The van der Waals surface area contributed by atoms with E-state index < -0.39 is 5.82 Å². The Balaban J connectivity index is 1.87. The van der Waals surface area contributed by atoms with Crippen LogP contribution >= 0.6 is 11.3 Å². The van der Waals surface area contributed by atoms with Gasteiger partial charge < -0.3 is 10.2 Å². The van der Waals surface area contributed by atoms with Crippen molar-refractivity contribution >= 4 is 34.9 Å². The van der Waals surface area contributed by atoms with Gasteiger partial charge in [-0.25, -0.2) is 4.39 Å². The third-order valence-corrected chi connectivity index (χ3v) is 3.98. The summed E-state index contributed by atoms with van der Waals surface area (Å²) in [5, 5.41) is 2.55. The van der Waals surface area contributed by atoms with Crippen LogP contribution in [0.25, 0.3) is 6.08 Å². The van der Waals surface area contributed by atoms with Crippen LogP contribution in [0.4, 0.5) is 10.1 Å². The fourth-order valence-corrected chi connectivity index (χ4v) is 2.66. The summed E-state index contributed by atoms with van der Waals surface area (Å²) in [6.45, 7) is 1.88. The predicted octanol–water partition coefficient (Wildman–Crippen LogP) is 3.31. The summed E-state index contributed by atoms with van der Waals surface area (Å²) in [5.74, 6) is -1.08. The zero-order valence-electron chi connectivity index (χ0n) is 12.9. The van der Waals surface area contributed by atoms with Crippen molar-refractivity contribution in [2.24, 2.45) is 0 Å². The Labute approximate surface area is 138 Å². The van der Waals surface area contributed by atoms with Gasteiger partial charge in [-0.1, -0.05) is 6.07 Å². The Morgan fingerprint density at radius 1 is 1.30 bits per heavy atom. The topological polar surface area (TPSA) is 49.4 Å². The summed E-state index contributed by atoms with van der Waals surface area (Å²) >= 11 is 1.59. The number of halogens is 1. The second kappa shape index (κ2) is 7.69. The van der Waals surface area contributed by atoms with Gasteiger partial charge in [0.05, 0.1) is 6.54 Å². The maximum Gasteiger partial charge on any atom is 0.246 e. The molecule has 1 N–H and O–H groups in total. The molecule has 2 aromatic rings. The monoisotopic (exact) mass is 332 g/mol. The molecular formula is C17H17FN2O2S. The third kappa shape index (κ3) is 5.34. The van der Waals surface area contributed by atoms with Crippen LogP contribution in [0.5, 0.6) is 0 Å². The van der Waals surface area contributed by atoms with Crippen LogP contribution in [0.3, 0.4) is 0 Å². The molecule has 0 fully saturated rings. The van der Waals surface area contributed by atoms with E-state index in [1.54, 1.807) is 23.5 Å². The van der Waals surface area contributed by atoms with E-state index in [4.69, 9.17) is 0 Å². The molecule has 2 rings (SSSR count). The number of amides is 2. The molecule has 1 heterocycles. The summed E-state index contributed by atoms with van der Waals surface area (Å²) in [7, 11) is 1.54. The molecule has 0 saturated heterocycles. The highest BCUT2D eigenvalue weighted by atomic mass is 32.1. The lowest BCUT2D eigenvalue weighted by Gasteiger charge is -2.14. The Morgan fingerprint density at radius 3 is 2.74 bits per heavy atom. The molecule has 120 valence electrons. The van der Waals surface area contributed by atoms with Gasteiger partial charge in [0.1, 0.15) is 5.82 Å². The molecule has 0 aliphatic heterocycles. The first-order chi connectivity index (χ1) is 10.9. The summed E-state index contributed by atoms with van der Waals surface area (Å²) in [4.78, 5) is 27.3. The molecule has 0 aliphatic rings. The molecule has 0 unspecified atom stereocenters. The van der Waals surface area contributed by atoms with Gasteiger partial charge in [-0.3, -0.25) is 9.59 Å². The van der Waals surface area contributed by atoms with Crippen LogP contribution in [0, 0.1) is 12.7 Å². The van der Waals surface area contributed by atoms with E-state index in [-0.39, 0.29) is 18.4 Å². The van der Waals surface area contributed by atoms with Crippen LogP contribution in [0.1, 0.15) is 9.75 Å². The zero-order chi connectivity index (χ0) is 16.8. The maximum absolute atomic E-state index is 13.0. The van der Waals surface area contributed by atoms with Gasteiger partial charge in [-0.2, -0.15) is 0 Å². The van der Waals surface area contributed by atoms with E-state index in [9.17, 15) is 14.0 Å². The van der Waals surface area contributed by atoms with Crippen LogP contribution in [0.2, 0.25) is 0 Å². The van der Waals surface area contributed by atoms with E-state index in [1.807, 2.05) is 19.1 Å². The highest BCUT2D eigenvalue weighted by Crippen LogP contribution is 2.16. The Kier molecular flexibility index (Phi) is 5.65. The molecular weight excluding hydrogens is 315 g/mol. The van der Waals surface area contributed by atoms with Crippen LogP contribution < -0.4 is 5.32 Å².